The van der Waals surface area contributed by atoms with Crippen LogP contribution in [0.1, 0.15) is 19.4 Å². The number of rotatable bonds is 5. The van der Waals surface area contributed by atoms with Crippen LogP contribution >= 0.6 is 0 Å². The second kappa shape index (κ2) is 7.73. The molecule has 2 N–H and O–H groups in total. The Balaban J connectivity index is 1.87. The van der Waals surface area contributed by atoms with E-state index in [1.807, 2.05) is 0 Å². The van der Waals surface area contributed by atoms with Crippen LogP contribution in [0.25, 0.3) is 0 Å². The molecule has 0 spiro atoms. The van der Waals surface area contributed by atoms with Crippen LogP contribution < -0.4 is 14.3 Å². The maximum absolute atomic E-state index is 12.8. The topological polar surface area (TPSA) is 130 Å². The standard InChI is InChI=1S/C19H21N3O6S2/c1-12-10-17(22-19(24)13(2)11-29(22,25)26)8-9-18(12)30(27,28)21-16-6-4-15(5-7-16)20-14(3)23/h4-10,13,21H,11H2,1-3H3,(H,20,23). The summed E-state index contributed by atoms with van der Waals surface area (Å²) >= 11 is 0. The van der Waals surface area contributed by atoms with E-state index >= 15 is 0 Å². The second-order valence-corrected chi connectivity index (χ2v) is 10.6. The molecule has 0 aromatic heterocycles. The summed E-state index contributed by atoms with van der Waals surface area (Å²) in [6.45, 7) is 4.42. The minimum Gasteiger partial charge on any atom is -0.326 e. The van der Waals surface area contributed by atoms with E-state index in [1.54, 1.807) is 12.1 Å². The molecule has 1 aliphatic heterocycles. The molecular formula is C19H21N3O6S2. The van der Waals surface area contributed by atoms with Crippen molar-refractivity contribution in [3.63, 3.8) is 0 Å². The lowest BCUT2D eigenvalue weighted by Gasteiger charge is -2.17. The third kappa shape index (κ3) is 4.31. The molecule has 0 saturated carbocycles. The van der Waals surface area contributed by atoms with E-state index in [4.69, 9.17) is 0 Å². The number of carbonyl (C=O) groups excluding carboxylic acids is 2. The van der Waals surface area contributed by atoms with Crippen LogP contribution in [-0.4, -0.2) is 34.4 Å². The predicted molar refractivity (Wildman–Crippen MR) is 113 cm³/mol. The maximum atomic E-state index is 12.8. The van der Waals surface area contributed by atoms with Crippen molar-refractivity contribution in [1.82, 2.24) is 0 Å². The molecule has 0 radical (unpaired) electrons. The summed E-state index contributed by atoms with van der Waals surface area (Å²) in [7, 11) is -7.74. The van der Waals surface area contributed by atoms with E-state index in [0.717, 1.165) is 4.31 Å². The number of hydrogen-bond acceptors (Lipinski definition) is 6. The number of aryl methyl sites for hydroxylation is 1. The Labute approximate surface area is 175 Å². The highest BCUT2D eigenvalue weighted by Gasteiger charge is 2.42. The predicted octanol–water partition coefficient (Wildman–Crippen LogP) is 2.07. The Morgan fingerprint density at radius 3 is 2.20 bits per heavy atom. The third-order valence-corrected chi connectivity index (χ3v) is 7.91. The van der Waals surface area contributed by atoms with Crippen LogP contribution in [0.4, 0.5) is 17.1 Å². The van der Waals surface area contributed by atoms with Gasteiger partial charge in [-0.05, 0) is 55.0 Å². The van der Waals surface area contributed by atoms with Crippen molar-refractivity contribution in [3.05, 3.63) is 48.0 Å². The third-order valence-electron chi connectivity index (χ3n) is 4.50. The Morgan fingerprint density at radius 1 is 1.10 bits per heavy atom. The molecule has 1 aliphatic rings. The molecule has 30 heavy (non-hydrogen) atoms. The number of nitrogens with one attached hydrogen (secondary N) is 2. The molecular weight excluding hydrogens is 430 g/mol. The first-order chi connectivity index (χ1) is 13.9. The van der Waals surface area contributed by atoms with Crippen LogP contribution in [0.15, 0.2) is 47.4 Å². The van der Waals surface area contributed by atoms with Crippen molar-refractivity contribution in [2.75, 3.05) is 20.1 Å². The minimum atomic E-state index is -3.96. The molecule has 1 atom stereocenters. The second-order valence-electron chi connectivity index (χ2n) is 7.10. The van der Waals surface area contributed by atoms with Crippen LogP contribution in [0.2, 0.25) is 0 Å². The molecule has 11 heteroatoms. The van der Waals surface area contributed by atoms with Crippen molar-refractivity contribution in [3.8, 4) is 0 Å². The zero-order chi connectivity index (χ0) is 22.3. The van der Waals surface area contributed by atoms with E-state index in [9.17, 15) is 26.4 Å². The highest BCUT2D eigenvalue weighted by atomic mass is 32.2. The molecule has 1 saturated heterocycles. The molecule has 1 unspecified atom stereocenters. The number of hydrogen-bond donors (Lipinski definition) is 2. The quantitative estimate of drug-likeness (QED) is 0.716. The van der Waals surface area contributed by atoms with E-state index in [2.05, 4.69) is 10.0 Å². The highest BCUT2D eigenvalue weighted by molar-refractivity contribution is 7.94. The Bertz CT molecular complexity index is 1220. The maximum Gasteiger partial charge on any atom is 0.262 e. The SMILES string of the molecule is CC(=O)Nc1ccc(NS(=O)(=O)c2ccc(N3C(=O)C(C)CS3(=O)=O)cc2C)cc1. The van der Waals surface area contributed by atoms with Crippen LogP contribution in [0.5, 0.6) is 0 Å². The number of nitrogens with zero attached hydrogens (tertiary/aromatic N) is 1. The van der Waals surface area contributed by atoms with E-state index in [1.165, 1.54) is 51.1 Å². The first-order valence-corrected chi connectivity index (χ1v) is 12.1. The number of benzene rings is 2. The number of anilines is 3. The van der Waals surface area contributed by atoms with Crippen LogP contribution in [0.3, 0.4) is 0 Å². The summed E-state index contributed by atoms with van der Waals surface area (Å²) in [6, 6.07) is 10.1. The lowest BCUT2D eigenvalue weighted by Crippen LogP contribution is -2.30. The van der Waals surface area contributed by atoms with Gasteiger partial charge >= 0.3 is 0 Å². The Hall–Kier alpha value is -2.92. The summed E-state index contributed by atoms with van der Waals surface area (Å²) in [5.74, 6) is -1.71. The number of amides is 2. The van der Waals surface area contributed by atoms with E-state index in [-0.39, 0.29) is 27.8 Å². The average Bonchev–Trinajstić information content (AvgIpc) is 2.82. The summed E-state index contributed by atoms with van der Waals surface area (Å²) in [5.41, 5.74) is 1.22. The smallest absolute Gasteiger partial charge is 0.262 e. The monoisotopic (exact) mass is 451 g/mol. The van der Waals surface area contributed by atoms with Gasteiger partial charge < -0.3 is 5.32 Å². The van der Waals surface area contributed by atoms with Crippen molar-refractivity contribution in [1.29, 1.82) is 0 Å². The van der Waals surface area contributed by atoms with Gasteiger partial charge in [0, 0.05) is 18.3 Å². The first-order valence-electron chi connectivity index (χ1n) is 8.99. The molecule has 9 nitrogen and oxygen atoms in total. The molecule has 0 aliphatic carbocycles. The van der Waals surface area contributed by atoms with Gasteiger partial charge in [0.25, 0.3) is 10.0 Å². The fourth-order valence-electron chi connectivity index (χ4n) is 3.18. The summed E-state index contributed by atoms with van der Waals surface area (Å²) in [4.78, 5) is 23.3. The van der Waals surface area contributed by atoms with Gasteiger partial charge in [0.05, 0.1) is 22.3 Å². The van der Waals surface area contributed by atoms with Gasteiger partial charge in [0.15, 0.2) is 0 Å². The Kier molecular flexibility index (Phi) is 5.61. The number of sulfonamides is 2. The summed E-state index contributed by atoms with van der Waals surface area (Å²) in [5, 5.41) is 2.58. The zero-order valence-electron chi connectivity index (χ0n) is 16.5. The van der Waals surface area contributed by atoms with Gasteiger partial charge in [-0.3, -0.25) is 14.3 Å². The normalized spacial score (nSPS) is 18.3. The lowest BCUT2D eigenvalue weighted by atomic mass is 10.2. The minimum absolute atomic E-state index is 0.0470. The first kappa shape index (κ1) is 21.8. The molecule has 2 amide bonds. The van der Waals surface area contributed by atoms with E-state index < -0.39 is 31.9 Å². The van der Waals surface area contributed by atoms with Gasteiger partial charge in [-0.2, -0.15) is 0 Å². The van der Waals surface area contributed by atoms with Crippen molar-refractivity contribution >= 4 is 48.9 Å². The van der Waals surface area contributed by atoms with Crippen molar-refractivity contribution in [2.45, 2.75) is 25.7 Å². The van der Waals surface area contributed by atoms with Crippen molar-refractivity contribution in [2.24, 2.45) is 5.92 Å². The lowest BCUT2D eigenvalue weighted by molar-refractivity contribution is -0.119. The van der Waals surface area contributed by atoms with Gasteiger partial charge in [0.2, 0.25) is 21.8 Å². The van der Waals surface area contributed by atoms with Crippen LogP contribution in [-0.2, 0) is 29.6 Å². The average molecular weight is 452 g/mol. The summed E-state index contributed by atoms with van der Waals surface area (Å²) in [6.07, 6.45) is 0. The van der Waals surface area contributed by atoms with Crippen LogP contribution in [0, 0.1) is 12.8 Å². The number of carbonyl (C=O) groups is 2. The molecule has 0 bridgehead atoms. The van der Waals surface area contributed by atoms with E-state index in [0.29, 0.717) is 11.4 Å². The van der Waals surface area contributed by atoms with Crippen molar-refractivity contribution < 1.29 is 26.4 Å². The summed E-state index contributed by atoms with van der Waals surface area (Å²) < 4.78 is 53.3. The van der Waals surface area contributed by atoms with Gasteiger partial charge in [0.1, 0.15) is 0 Å². The fourth-order valence-corrected chi connectivity index (χ4v) is 6.28. The van der Waals surface area contributed by atoms with Gasteiger partial charge in [-0.1, -0.05) is 6.92 Å². The molecule has 1 fully saturated rings. The molecule has 3 rings (SSSR count). The Morgan fingerprint density at radius 2 is 1.70 bits per heavy atom. The zero-order valence-corrected chi connectivity index (χ0v) is 18.2. The molecule has 1 heterocycles. The molecule has 160 valence electrons. The largest absolute Gasteiger partial charge is 0.326 e. The highest BCUT2D eigenvalue weighted by Crippen LogP contribution is 2.31. The molecule has 2 aromatic rings. The van der Waals surface area contributed by atoms with Gasteiger partial charge in [-0.15, -0.1) is 0 Å². The van der Waals surface area contributed by atoms with Gasteiger partial charge in [-0.25, -0.2) is 21.1 Å². The fraction of sp³-hybridized carbons (Fsp3) is 0.263. The molecule has 2 aromatic carbocycles.